The minimum absolute atomic E-state index is 0.0965. The lowest BCUT2D eigenvalue weighted by Gasteiger charge is -2.13. The molecular formula is C22H21FN2O2. The second-order valence-corrected chi connectivity index (χ2v) is 5.99. The quantitative estimate of drug-likeness (QED) is 0.465. The first-order valence-electron chi connectivity index (χ1n) is 8.56. The molecule has 0 bridgehead atoms. The number of hydrazone groups is 1. The molecule has 0 spiro atoms. The minimum atomic E-state index is -0.302. The summed E-state index contributed by atoms with van der Waals surface area (Å²) in [7, 11) is 1.57. The van der Waals surface area contributed by atoms with E-state index >= 15 is 0 Å². The zero-order valence-electron chi connectivity index (χ0n) is 15.3. The molecule has 0 aliphatic rings. The molecule has 0 saturated heterocycles. The average Bonchev–Trinajstić information content (AvgIpc) is 2.69. The molecular weight excluding hydrogens is 343 g/mol. The average molecular weight is 364 g/mol. The van der Waals surface area contributed by atoms with Gasteiger partial charge in [-0.3, -0.25) is 5.43 Å². The van der Waals surface area contributed by atoms with Gasteiger partial charge in [-0.2, -0.15) is 5.10 Å². The number of benzene rings is 3. The van der Waals surface area contributed by atoms with E-state index < -0.39 is 0 Å². The summed E-state index contributed by atoms with van der Waals surface area (Å²) in [5.41, 5.74) is 6.25. The summed E-state index contributed by atoms with van der Waals surface area (Å²) in [5.74, 6) is 0.770. The third kappa shape index (κ3) is 4.85. The second kappa shape index (κ2) is 8.85. The van der Waals surface area contributed by atoms with Crippen LogP contribution >= 0.6 is 0 Å². The lowest BCUT2D eigenvalue weighted by Crippen LogP contribution is -2.03. The zero-order valence-corrected chi connectivity index (χ0v) is 15.3. The van der Waals surface area contributed by atoms with Crippen molar-refractivity contribution in [1.29, 1.82) is 0 Å². The maximum atomic E-state index is 13.8. The van der Waals surface area contributed by atoms with E-state index in [0.717, 1.165) is 11.3 Å². The molecule has 1 N–H and O–H groups in total. The molecule has 0 fully saturated rings. The highest BCUT2D eigenvalue weighted by atomic mass is 19.1. The largest absolute Gasteiger partial charge is 0.493 e. The Bertz CT molecular complexity index is 924. The molecule has 0 radical (unpaired) electrons. The van der Waals surface area contributed by atoms with Crippen LogP contribution in [0, 0.1) is 12.7 Å². The van der Waals surface area contributed by atoms with Crippen LogP contribution in [0.15, 0.2) is 71.8 Å². The Balaban J connectivity index is 1.77. The van der Waals surface area contributed by atoms with Gasteiger partial charge >= 0.3 is 0 Å². The number of aryl methyl sites for hydroxylation is 1. The lowest BCUT2D eigenvalue weighted by atomic mass is 10.2. The first-order chi connectivity index (χ1) is 13.2. The van der Waals surface area contributed by atoms with Gasteiger partial charge in [-0.05, 0) is 37.3 Å². The molecule has 0 heterocycles. The van der Waals surface area contributed by atoms with E-state index in [-0.39, 0.29) is 12.4 Å². The Morgan fingerprint density at radius 3 is 2.52 bits per heavy atom. The Hall–Kier alpha value is -3.34. The highest BCUT2D eigenvalue weighted by Crippen LogP contribution is 2.31. The van der Waals surface area contributed by atoms with Crippen LogP contribution in [0.4, 0.5) is 10.1 Å². The van der Waals surface area contributed by atoms with Gasteiger partial charge in [0.15, 0.2) is 11.5 Å². The predicted octanol–water partition coefficient (Wildman–Crippen LogP) is 5.17. The summed E-state index contributed by atoms with van der Waals surface area (Å²) in [4.78, 5) is 0. The van der Waals surface area contributed by atoms with Gasteiger partial charge in [-0.15, -0.1) is 0 Å². The fourth-order valence-electron chi connectivity index (χ4n) is 2.52. The molecule has 0 aliphatic carbocycles. The zero-order chi connectivity index (χ0) is 19.1. The van der Waals surface area contributed by atoms with Gasteiger partial charge in [0.25, 0.3) is 0 Å². The van der Waals surface area contributed by atoms with E-state index in [0.29, 0.717) is 17.1 Å². The summed E-state index contributed by atoms with van der Waals surface area (Å²) in [5, 5.41) is 4.27. The van der Waals surface area contributed by atoms with E-state index in [9.17, 15) is 4.39 Å². The third-order valence-corrected chi connectivity index (χ3v) is 4.01. The molecule has 3 aromatic rings. The summed E-state index contributed by atoms with van der Waals surface area (Å²) < 4.78 is 25.1. The molecule has 3 aromatic carbocycles. The van der Waals surface area contributed by atoms with Crippen LogP contribution in [0.3, 0.4) is 0 Å². The summed E-state index contributed by atoms with van der Waals surface area (Å²) in [6.45, 7) is 2.13. The third-order valence-electron chi connectivity index (χ3n) is 4.01. The highest BCUT2D eigenvalue weighted by Gasteiger charge is 2.11. The normalized spacial score (nSPS) is 10.8. The fourth-order valence-corrected chi connectivity index (χ4v) is 2.52. The summed E-state index contributed by atoms with van der Waals surface area (Å²) in [6, 6.07) is 19.9. The standard InChI is InChI=1S/C22H21FN2O2/c1-16-10-12-19(13-11-16)25-24-14-17-7-5-9-21(26-2)22(17)27-15-18-6-3-4-8-20(18)23/h3-14,25H,15H2,1-2H3. The molecule has 4 nitrogen and oxygen atoms in total. The van der Waals surface area contributed by atoms with Crippen LogP contribution in [0.5, 0.6) is 11.5 Å². The number of nitrogens with one attached hydrogen (secondary N) is 1. The Morgan fingerprint density at radius 2 is 1.78 bits per heavy atom. The number of hydrogen-bond donors (Lipinski definition) is 1. The number of para-hydroxylation sites is 1. The van der Waals surface area contributed by atoms with Gasteiger partial charge < -0.3 is 9.47 Å². The highest BCUT2D eigenvalue weighted by molar-refractivity contribution is 5.85. The van der Waals surface area contributed by atoms with Crippen LogP contribution in [-0.2, 0) is 6.61 Å². The van der Waals surface area contributed by atoms with Crippen molar-refractivity contribution < 1.29 is 13.9 Å². The predicted molar refractivity (Wildman–Crippen MR) is 106 cm³/mol. The first kappa shape index (κ1) is 18.5. The van der Waals surface area contributed by atoms with Crippen LogP contribution in [0.2, 0.25) is 0 Å². The number of halogens is 1. The molecule has 0 aromatic heterocycles. The van der Waals surface area contributed by atoms with Crippen molar-refractivity contribution in [2.75, 3.05) is 12.5 Å². The van der Waals surface area contributed by atoms with Crippen molar-refractivity contribution in [3.63, 3.8) is 0 Å². The van der Waals surface area contributed by atoms with Crippen molar-refractivity contribution >= 4 is 11.9 Å². The number of rotatable bonds is 7. The number of nitrogens with zero attached hydrogens (tertiary/aromatic N) is 1. The van der Waals surface area contributed by atoms with E-state index in [2.05, 4.69) is 10.5 Å². The van der Waals surface area contributed by atoms with Crippen LogP contribution in [0.1, 0.15) is 16.7 Å². The SMILES string of the molecule is COc1cccc(C=NNc2ccc(C)cc2)c1OCc1ccccc1F. The molecule has 5 heteroatoms. The topological polar surface area (TPSA) is 42.8 Å². The van der Waals surface area contributed by atoms with E-state index in [4.69, 9.17) is 9.47 Å². The molecule has 0 saturated carbocycles. The minimum Gasteiger partial charge on any atom is -0.493 e. The van der Waals surface area contributed by atoms with Gasteiger partial charge in [-0.25, -0.2) is 4.39 Å². The van der Waals surface area contributed by atoms with Gasteiger partial charge in [-0.1, -0.05) is 42.0 Å². The molecule has 138 valence electrons. The van der Waals surface area contributed by atoms with Crippen LogP contribution < -0.4 is 14.9 Å². The van der Waals surface area contributed by atoms with E-state index in [1.165, 1.54) is 11.6 Å². The number of anilines is 1. The van der Waals surface area contributed by atoms with Crippen molar-refractivity contribution in [1.82, 2.24) is 0 Å². The Kier molecular flexibility index (Phi) is 6.05. The number of hydrogen-bond acceptors (Lipinski definition) is 4. The van der Waals surface area contributed by atoms with Gasteiger partial charge in [0.1, 0.15) is 12.4 Å². The van der Waals surface area contributed by atoms with Gasteiger partial charge in [0, 0.05) is 11.1 Å². The van der Waals surface area contributed by atoms with Crippen molar-refractivity contribution in [3.8, 4) is 11.5 Å². The maximum absolute atomic E-state index is 13.8. The van der Waals surface area contributed by atoms with Gasteiger partial charge in [0.05, 0.1) is 19.0 Å². The fraction of sp³-hybridized carbons (Fsp3) is 0.136. The Labute approximate surface area is 158 Å². The maximum Gasteiger partial charge on any atom is 0.170 e. The van der Waals surface area contributed by atoms with Crippen LogP contribution in [0.25, 0.3) is 0 Å². The molecule has 27 heavy (non-hydrogen) atoms. The molecule has 0 amide bonds. The number of methoxy groups -OCH3 is 1. The van der Waals surface area contributed by atoms with Crippen molar-refractivity contribution in [2.45, 2.75) is 13.5 Å². The van der Waals surface area contributed by atoms with E-state index in [1.807, 2.05) is 43.3 Å². The van der Waals surface area contributed by atoms with Gasteiger partial charge in [0.2, 0.25) is 0 Å². The van der Waals surface area contributed by atoms with Crippen LogP contribution in [-0.4, -0.2) is 13.3 Å². The summed E-state index contributed by atoms with van der Waals surface area (Å²) >= 11 is 0. The lowest BCUT2D eigenvalue weighted by molar-refractivity contribution is 0.279. The molecule has 0 aliphatic heterocycles. The molecule has 0 atom stereocenters. The van der Waals surface area contributed by atoms with Crippen molar-refractivity contribution in [3.05, 3.63) is 89.2 Å². The second-order valence-electron chi connectivity index (χ2n) is 5.99. The number of ether oxygens (including phenoxy) is 2. The van der Waals surface area contributed by atoms with E-state index in [1.54, 1.807) is 37.6 Å². The first-order valence-corrected chi connectivity index (χ1v) is 8.56. The molecule has 3 rings (SSSR count). The Morgan fingerprint density at radius 1 is 1.00 bits per heavy atom. The smallest absolute Gasteiger partial charge is 0.170 e. The summed E-state index contributed by atoms with van der Waals surface area (Å²) in [6.07, 6.45) is 1.65. The monoisotopic (exact) mass is 364 g/mol. The van der Waals surface area contributed by atoms with Crippen molar-refractivity contribution in [2.24, 2.45) is 5.10 Å². The molecule has 0 unspecified atom stereocenters.